The lowest BCUT2D eigenvalue weighted by atomic mass is 9.44. The fraction of sp³-hybridized carbons (Fsp3) is 0.609. The molecule has 0 amide bonds. The van der Waals surface area contributed by atoms with E-state index < -0.39 is 0 Å². The van der Waals surface area contributed by atoms with Gasteiger partial charge in [0.2, 0.25) is 0 Å². The van der Waals surface area contributed by atoms with Crippen molar-refractivity contribution in [3.63, 3.8) is 0 Å². The number of rotatable bonds is 4. The first-order valence-electron chi connectivity index (χ1n) is 9.95. The molecule has 5 rings (SSSR count). The zero-order chi connectivity index (χ0) is 17.3. The Morgan fingerprint density at radius 3 is 2.72 bits per heavy atom. The molecule has 0 heterocycles. The molecule has 0 aromatic heterocycles. The second kappa shape index (κ2) is 4.99. The monoisotopic (exact) mass is 336 g/mol. The van der Waals surface area contributed by atoms with E-state index in [9.17, 15) is 4.79 Å². The van der Waals surface area contributed by atoms with E-state index in [-0.39, 0.29) is 16.8 Å². The van der Waals surface area contributed by atoms with Crippen molar-refractivity contribution in [3.05, 3.63) is 47.5 Å². The number of ether oxygens (including phenoxy) is 1. The quantitative estimate of drug-likeness (QED) is 0.569. The van der Waals surface area contributed by atoms with Gasteiger partial charge in [0.15, 0.2) is 0 Å². The molecule has 2 heteroatoms. The summed E-state index contributed by atoms with van der Waals surface area (Å²) in [5.41, 5.74) is 3.42. The third-order valence-corrected chi connectivity index (χ3v) is 8.20. The molecule has 1 spiro atoms. The topological polar surface area (TPSA) is 26.3 Å². The Bertz CT molecular complexity index is 751. The fourth-order valence-corrected chi connectivity index (χ4v) is 7.56. The van der Waals surface area contributed by atoms with Crippen LogP contribution in [0.5, 0.6) is 0 Å². The fourth-order valence-electron chi connectivity index (χ4n) is 7.56. The molecule has 0 saturated heterocycles. The van der Waals surface area contributed by atoms with Gasteiger partial charge in [-0.1, -0.05) is 55.3 Å². The largest absolute Gasteiger partial charge is 0.469 e. The zero-order valence-corrected chi connectivity index (χ0v) is 15.4. The van der Waals surface area contributed by atoms with Gasteiger partial charge in [0.1, 0.15) is 0 Å². The summed E-state index contributed by atoms with van der Waals surface area (Å²) in [6.07, 6.45) is 10.5. The van der Waals surface area contributed by atoms with Gasteiger partial charge in [0.05, 0.1) is 12.5 Å². The molecular weight excluding hydrogens is 308 g/mol. The van der Waals surface area contributed by atoms with Crippen molar-refractivity contribution in [1.29, 1.82) is 0 Å². The molecule has 0 N–H and O–H groups in total. The summed E-state index contributed by atoms with van der Waals surface area (Å²) in [6, 6.07) is 11.1. The second-order valence-electron chi connectivity index (χ2n) is 9.08. The van der Waals surface area contributed by atoms with Gasteiger partial charge < -0.3 is 4.74 Å². The number of carbonyl (C=O) groups excluding carboxylic acids is 1. The molecule has 4 fully saturated rings. The van der Waals surface area contributed by atoms with Crippen molar-refractivity contribution in [2.45, 2.75) is 57.3 Å². The maximum absolute atomic E-state index is 12.9. The normalized spacial score (nSPS) is 44.6. The van der Waals surface area contributed by atoms with E-state index in [1.54, 1.807) is 12.7 Å². The maximum Gasteiger partial charge on any atom is 0.311 e. The van der Waals surface area contributed by atoms with Gasteiger partial charge in [-0.2, -0.15) is 0 Å². The summed E-state index contributed by atoms with van der Waals surface area (Å²) < 4.78 is 5.34. The molecule has 1 aromatic rings. The van der Waals surface area contributed by atoms with Crippen LogP contribution < -0.4 is 0 Å². The van der Waals surface area contributed by atoms with E-state index in [0.29, 0.717) is 17.3 Å². The first-order chi connectivity index (χ1) is 12.1. The smallest absolute Gasteiger partial charge is 0.311 e. The Balaban J connectivity index is 1.65. The molecule has 0 radical (unpaired) electrons. The van der Waals surface area contributed by atoms with Crippen LogP contribution >= 0.6 is 0 Å². The van der Waals surface area contributed by atoms with Gasteiger partial charge in [-0.3, -0.25) is 4.79 Å². The summed E-state index contributed by atoms with van der Waals surface area (Å²) in [7, 11) is 1.58. The zero-order valence-electron chi connectivity index (χ0n) is 15.4. The lowest BCUT2D eigenvalue weighted by Crippen LogP contribution is -2.55. The number of allylic oxidation sites excluding steroid dienone is 2. The summed E-state index contributed by atoms with van der Waals surface area (Å²) >= 11 is 0. The molecule has 3 bridgehead atoms. The minimum atomic E-state index is -0.246. The Kier molecular flexibility index (Phi) is 3.13. The molecule has 4 saturated carbocycles. The molecule has 5 unspecified atom stereocenters. The van der Waals surface area contributed by atoms with Gasteiger partial charge in [-0.15, -0.1) is 0 Å². The lowest BCUT2D eigenvalue weighted by molar-refractivity contribution is -0.155. The van der Waals surface area contributed by atoms with Crippen LogP contribution in [0.4, 0.5) is 0 Å². The van der Waals surface area contributed by atoms with Crippen LogP contribution in [0.1, 0.15) is 57.4 Å². The van der Waals surface area contributed by atoms with E-state index in [4.69, 9.17) is 4.74 Å². The number of hydrogen-bond acceptors (Lipinski definition) is 2. The van der Waals surface area contributed by atoms with Gasteiger partial charge in [0, 0.05) is 5.41 Å². The minimum Gasteiger partial charge on any atom is -0.469 e. The molecule has 4 aliphatic carbocycles. The first kappa shape index (κ1) is 15.7. The summed E-state index contributed by atoms with van der Waals surface area (Å²) in [4.78, 5) is 12.9. The van der Waals surface area contributed by atoms with Crippen molar-refractivity contribution in [2.75, 3.05) is 7.11 Å². The number of carbonyl (C=O) groups is 1. The van der Waals surface area contributed by atoms with Gasteiger partial charge in [0.25, 0.3) is 0 Å². The van der Waals surface area contributed by atoms with Crippen LogP contribution in [0.25, 0.3) is 0 Å². The third kappa shape index (κ3) is 1.69. The number of esters is 1. The highest BCUT2D eigenvalue weighted by Gasteiger charge is 2.81. The van der Waals surface area contributed by atoms with Crippen molar-refractivity contribution < 1.29 is 9.53 Å². The molecule has 132 valence electrons. The minimum absolute atomic E-state index is 0.0526. The molecule has 2 nitrogen and oxygen atoms in total. The van der Waals surface area contributed by atoms with Crippen molar-refractivity contribution in [3.8, 4) is 0 Å². The Labute approximate surface area is 150 Å². The maximum atomic E-state index is 12.9. The van der Waals surface area contributed by atoms with Gasteiger partial charge in [-0.05, 0) is 61.3 Å². The molecule has 1 aromatic carbocycles. The van der Waals surface area contributed by atoms with Crippen LogP contribution in [0, 0.1) is 22.7 Å². The molecule has 4 aliphatic rings. The number of benzene rings is 1. The van der Waals surface area contributed by atoms with E-state index in [1.807, 2.05) is 0 Å². The summed E-state index contributed by atoms with van der Waals surface area (Å²) in [5, 5.41) is 0. The highest BCUT2D eigenvalue weighted by molar-refractivity contribution is 5.79. The summed E-state index contributed by atoms with van der Waals surface area (Å²) in [6.45, 7) is 2.26. The van der Waals surface area contributed by atoms with Crippen LogP contribution in [-0.2, 0) is 14.9 Å². The predicted molar refractivity (Wildman–Crippen MR) is 98.1 cm³/mol. The highest BCUT2D eigenvalue weighted by atomic mass is 16.5. The van der Waals surface area contributed by atoms with Crippen LogP contribution in [-0.4, -0.2) is 13.1 Å². The number of methoxy groups -OCH3 is 1. The average Bonchev–Trinajstić information content (AvgIpc) is 2.92. The standard InChI is InChI=1S/C23H28O2/c1-3-4-10-18-16-11-21(20(24)25-2)14-22(17-8-6-5-7-9-17)13-19(18)23(22,12-16)15-21/h5-10,16,19H,3-4,11-15H2,1-2H3/b18-10+. The van der Waals surface area contributed by atoms with Gasteiger partial charge >= 0.3 is 5.97 Å². The van der Waals surface area contributed by atoms with Crippen LogP contribution in [0.2, 0.25) is 0 Å². The van der Waals surface area contributed by atoms with Crippen molar-refractivity contribution in [1.82, 2.24) is 0 Å². The number of fused-ring (bicyclic) bond motifs is 2. The van der Waals surface area contributed by atoms with E-state index in [1.165, 1.54) is 31.2 Å². The Morgan fingerprint density at radius 2 is 2.00 bits per heavy atom. The highest BCUT2D eigenvalue weighted by Crippen LogP contribution is 2.85. The molecule has 25 heavy (non-hydrogen) atoms. The number of hydrogen-bond donors (Lipinski definition) is 0. The molecule has 5 atom stereocenters. The van der Waals surface area contributed by atoms with Crippen LogP contribution in [0.15, 0.2) is 42.0 Å². The van der Waals surface area contributed by atoms with Gasteiger partial charge in [-0.25, -0.2) is 0 Å². The third-order valence-electron chi connectivity index (χ3n) is 8.20. The Hall–Kier alpha value is -1.57. The average molecular weight is 336 g/mol. The predicted octanol–water partition coefficient (Wildman–Crippen LogP) is 5.03. The Morgan fingerprint density at radius 1 is 1.20 bits per heavy atom. The second-order valence-corrected chi connectivity index (χ2v) is 9.08. The van der Waals surface area contributed by atoms with Crippen molar-refractivity contribution >= 4 is 5.97 Å². The van der Waals surface area contributed by atoms with E-state index in [0.717, 1.165) is 19.3 Å². The van der Waals surface area contributed by atoms with E-state index >= 15 is 0 Å². The van der Waals surface area contributed by atoms with Crippen LogP contribution in [0.3, 0.4) is 0 Å². The number of unbranched alkanes of at least 4 members (excludes halogenated alkanes) is 1. The first-order valence-corrected chi connectivity index (χ1v) is 9.95. The van der Waals surface area contributed by atoms with Crippen molar-refractivity contribution in [2.24, 2.45) is 22.7 Å². The SMILES string of the molecule is CCC/C=C1\C2CC3(C(=O)OC)CC4(c5ccccc5)CC1C4(C2)C3. The molecule has 0 aliphatic heterocycles. The molecular formula is C23H28O2. The summed E-state index contributed by atoms with van der Waals surface area (Å²) in [5.74, 6) is 1.37. The lowest BCUT2D eigenvalue weighted by Gasteiger charge is -2.59. The van der Waals surface area contributed by atoms with E-state index in [2.05, 4.69) is 43.3 Å².